The van der Waals surface area contributed by atoms with E-state index in [1.807, 2.05) is 0 Å². The summed E-state index contributed by atoms with van der Waals surface area (Å²) in [5.74, 6) is -3.52. The Morgan fingerprint density at radius 1 is 1.25 bits per heavy atom. The van der Waals surface area contributed by atoms with Gasteiger partial charge >= 0.3 is 0 Å². The summed E-state index contributed by atoms with van der Waals surface area (Å²) in [4.78, 5) is 0. The quantitative estimate of drug-likeness (QED) is 0.591. The molecule has 0 amide bonds. The molecule has 0 saturated heterocycles. The van der Waals surface area contributed by atoms with Crippen LogP contribution in [0.2, 0.25) is 0 Å². The van der Waals surface area contributed by atoms with Gasteiger partial charge in [-0.25, -0.2) is 13.2 Å². The van der Waals surface area contributed by atoms with Gasteiger partial charge in [0.2, 0.25) is 0 Å². The molecule has 0 bridgehead atoms. The monoisotopic (exact) mass is 240 g/mol. The molecule has 1 rings (SSSR count). The molecular weight excluding hydrogens is 237 g/mol. The third kappa shape index (κ3) is 1.47. The van der Waals surface area contributed by atoms with E-state index in [2.05, 4.69) is 15.9 Å². The predicted octanol–water partition coefficient (Wildman–Crippen LogP) is 2.36. The lowest BCUT2D eigenvalue weighted by atomic mass is 10.2. The van der Waals surface area contributed by atoms with Crippen molar-refractivity contribution in [2.45, 2.75) is 6.61 Å². The molecule has 0 radical (unpaired) electrons. The molecular formula is C7H4BrF3O. The van der Waals surface area contributed by atoms with E-state index >= 15 is 0 Å². The van der Waals surface area contributed by atoms with Crippen LogP contribution in [0.1, 0.15) is 5.56 Å². The van der Waals surface area contributed by atoms with Crippen molar-refractivity contribution in [1.82, 2.24) is 0 Å². The largest absolute Gasteiger partial charge is 0.391 e. The molecule has 1 aromatic carbocycles. The minimum Gasteiger partial charge on any atom is -0.391 e. The molecule has 1 nitrogen and oxygen atoms in total. The lowest BCUT2D eigenvalue weighted by Gasteiger charge is -2.03. The smallest absolute Gasteiger partial charge is 0.173 e. The van der Waals surface area contributed by atoms with E-state index in [-0.39, 0.29) is 4.47 Å². The van der Waals surface area contributed by atoms with E-state index in [4.69, 9.17) is 5.11 Å². The van der Waals surface area contributed by atoms with Gasteiger partial charge in [-0.2, -0.15) is 0 Å². The fourth-order valence-electron chi connectivity index (χ4n) is 0.749. The van der Waals surface area contributed by atoms with Gasteiger partial charge in [0, 0.05) is 0 Å². The Balaban J connectivity index is 3.40. The van der Waals surface area contributed by atoms with Crippen molar-refractivity contribution >= 4 is 15.9 Å². The van der Waals surface area contributed by atoms with Crippen LogP contribution in [0.3, 0.4) is 0 Å². The molecule has 66 valence electrons. The number of benzene rings is 1. The molecule has 0 aromatic heterocycles. The summed E-state index contributed by atoms with van der Waals surface area (Å²) in [7, 11) is 0. The Bertz CT molecular complexity index is 314. The normalized spacial score (nSPS) is 10.4. The second-order valence-electron chi connectivity index (χ2n) is 2.10. The Kier molecular flexibility index (Phi) is 2.74. The van der Waals surface area contributed by atoms with Gasteiger partial charge in [-0.05, 0) is 22.0 Å². The van der Waals surface area contributed by atoms with Gasteiger partial charge in [0.15, 0.2) is 11.6 Å². The summed E-state index contributed by atoms with van der Waals surface area (Å²) in [6.07, 6.45) is 0. The molecule has 0 aliphatic carbocycles. The zero-order valence-corrected chi connectivity index (χ0v) is 7.33. The summed E-state index contributed by atoms with van der Waals surface area (Å²) >= 11 is 2.62. The number of rotatable bonds is 1. The topological polar surface area (TPSA) is 20.2 Å². The Morgan fingerprint density at radius 2 is 1.83 bits per heavy atom. The highest BCUT2D eigenvalue weighted by atomic mass is 79.9. The molecule has 0 unspecified atom stereocenters. The van der Waals surface area contributed by atoms with Crippen LogP contribution in [0, 0.1) is 17.5 Å². The first-order valence-electron chi connectivity index (χ1n) is 3.00. The maximum Gasteiger partial charge on any atom is 0.173 e. The molecule has 0 saturated carbocycles. The summed E-state index contributed by atoms with van der Waals surface area (Å²) in [6, 6.07) is 0.768. The summed E-state index contributed by atoms with van der Waals surface area (Å²) in [5, 5.41) is 8.45. The molecule has 1 aromatic rings. The standard InChI is InChI=1S/C7H4BrF3O/c8-4-1-5(9)3(2-12)6(10)7(4)11/h1,12H,2H2. The van der Waals surface area contributed by atoms with Gasteiger partial charge in [-0.3, -0.25) is 0 Å². The van der Waals surface area contributed by atoms with E-state index < -0.39 is 29.6 Å². The second kappa shape index (κ2) is 3.45. The van der Waals surface area contributed by atoms with Gasteiger partial charge in [0.25, 0.3) is 0 Å². The number of halogens is 4. The SMILES string of the molecule is OCc1c(F)cc(Br)c(F)c1F. The van der Waals surface area contributed by atoms with Crippen LogP contribution >= 0.6 is 15.9 Å². The molecule has 0 atom stereocenters. The van der Waals surface area contributed by atoms with E-state index in [9.17, 15) is 13.2 Å². The summed E-state index contributed by atoms with van der Waals surface area (Å²) < 4.78 is 37.8. The van der Waals surface area contributed by atoms with Crippen molar-refractivity contribution in [3.05, 3.63) is 33.6 Å². The lowest BCUT2D eigenvalue weighted by molar-refractivity contribution is 0.266. The zero-order valence-electron chi connectivity index (χ0n) is 5.74. The zero-order chi connectivity index (χ0) is 9.30. The van der Waals surface area contributed by atoms with E-state index in [0.29, 0.717) is 0 Å². The maximum absolute atomic E-state index is 12.7. The van der Waals surface area contributed by atoms with Crippen LogP contribution in [0.5, 0.6) is 0 Å². The van der Waals surface area contributed by atoms with Crippen molar-refractivity contribution in [1.29, 1.82) is 0 Å². The van der Waals surface area contributed by atoms with Crippen LogP contribution in [0.4, 0.5) is 13.2 Å². The van der Waals surface area contributed by atoms with E-state index in [0.717, 1.165) is 6.07 Å². The molecule has 12 heavy (non-hydrogen) atoms. The third-order valence-corrected chi connectivity index (χ3v) is 1.94. The summed E-state index contributed by atoms with van der Waals surface area (Å²) in [5.41, 5.74) is -0.657. The third-order valence-electron chi connectivity index (χ3n) is 1.37. The first-order valence-corrected chi connectivity index (χ1v) is 3.80. The molecule has 0 aliphatic rings. The average Bonchev–Trinajstić information content (AvgIpc) is 2.01. The Labute approximate surface area is 75.0 Å². The number of hydrogen-bond acceptors (Lipinski definition) is 1. The van der Waals surface area contributed by atoms with Crippen LogP contribution < -0.4 is 0 Å². The average molecular weight is 241 g/mol. The Hall–Kier alpha value is -0.550. The number of aliphatic hydroxyl groups excluding tert-OH is 1. The highest BCUT2D eigenvalue weighted by Crippen LogP contribution is 2.23. The van der Waals surface area contributed by atoms with Crippen molar-refractivity contribution in [3.63, 3.8) is 0 Å². The van der Waals surface area contributed by atoms with Crippen LogP contribution in [0.25, 0.3) is 0 Å². The van der Waals surface area contributed by atoms with Gasteiger partial charge in [-0.1, -0.05) is 0 Å². The highest BCUT2D eigenvalue weighted by molar-refractivity contribution is 9.10. The number of aliphatic hydroxyl groups is 1. The van der Waals surface area contributed by atoms with Crippen molar-refractivity contribution in [2.75, 3.05) is 0 Å². The number of hydrogen-bond donors (Lipinski definition) is 1. The Morgan fingerprint density at radius 3 is 2.33 bits per heavy atom. The predicted molar refractivity (Wildman–Crippen MR) is 39.9 cm³/mol. The first kappa shape index (κ1) is 9.54. The van der Waals surface area contributed by atoms with Crippen LogP contribution in [-0.2, 0) is 6.61 Å². The van der Waals surface area contributed by atoms with Crippen molar-refractivity contribution in [2.24, 2.45) is 0 Å². The second-order valence-corrected chi connectivity index (χ2v) is 2.96. The highest BCUT2D eigenvalue weighted by Gasteiger charge is 2.16. The van der Waals surface area contributed by atoms with Crippen LogP contribution in [0.15, 0.2) is 10.5 Å². The lowest BCUT2D eigenvalue weighted by Crippen LogP contribution is -1.99. The molecule has 1 N–H and O–H groups in total. The first-order chi connectivity index (χ1) is 5.57. The van der Waals surface area contributed by atoms with Crippen LogP contribution in [-0.4, -0.2) is 5.11 Å². The van der Waals surface area contributed by atoms with Gasteiger partial charge < -0.3 is 5.11 Å². The van der Waals surface area contributed by atoms with E-state index in [1.54, 1.807) is 0 Å². The summed E-state index contributed by atoms with van der Waals surface area (Å²) in [6.45, 7) is -0.859. The van der Waals surface area contributed by atoms with Gasteiger partial charge in [0.1, 0.15) is 5.82 Å². The van der Waals surface area contributed by atoms with Gasteiger partial charge in [0.05, 0.1) is 16.6 Å². The molecule has 5 heteroatoms. The molecule has 0 spiro atoms. The molecule has 0 fully saturated rings. The minimum atomic E-state index is -1.36. The maximum atomic E-state index is 12.7. The van der Waals surface area contributed by atoms with E-state index in [1.165, 1.54) is 0 Å². The molecule has 0 heterocycles. The fourth-order valence-corrected chi connectivity index (χ4v) is 1.12. The molecule has 0 aliphatic heterocycles. The minimum absolute atomic E-state index is 0.297. The van der Waals surface area contributed by atoms with Gasteiger partial charge in [-0.15, -0.1) is 0 Å². The van der Waals surface area contributed by atoms with Crippen molar-refractivity contribution in [3.8, 4) is 0 Å². The fraction of sp³-hybridized carbons (Fsp3) is 0.143. The van der Waals surface area contributed by atoms with Crippen molar-refractivity contribution < 1.29 is 18.3 Å².